The molecule has 2 aromatic carbocycles. The summed E-state index contributed by atoms with van der Waals surface area (Å²) in [6.45, 7) is -0.263. The Balaban J connectivity index is 1.42. The second kappa shape index (κ2) is 9.01. The van der Waals surface area contributed by atoms with Gasteiger partial charge in [-0.2, -0.15) is 0 Å². The van der Waals surface area contributed by atoms with Gasteiger partial charge in [0.1, 0.15) is 4.38 Å². The van der Waals surface area contributed by atoms with Gasteiger partial charge >= 0.3 is 0 Å². The third-order valence-corrected chi connectivity index (χ3v) is 5.78. The van der Waals surface area contributed by atoms with Crippen LogP contribution < -0.4 is 10.6 Å². The third kappa shape index (κ3) is 5.54. The van der Waals surface area contributed by atoms with Gasteiger partial charge in [0.25, 0.3) is 0 Å². The maximum Gasteiger partial charge on any atom is 0.243 e. The van der Waals surface area contributed by atoms with Crippen LogP contribution in [0.25, 0.3) is 0 Å². The van der Waals surface area contributed by atoms with Gasteiger partial charge in [0, 0.05) is 17.5 Å². The van der Waals surface area contributed by atoms with Crippen LogP contribution >= 0.6 is 23.5 Å². The molecule has 0 fully saturated rings. The average Bonchev–Trinajstić information content (AvgIpc) is 2.67. The summed E-state index contributed by atoms with van der Waals surface area (Å²) in [6.07, 6.45) is 0. The Bertz CT molecular complexity index is 906. The molecule has 5 nitrogen and oxygen atoms in total. The van der Waals surface area contributed by atoms with Crippen molar-refractivity contribution >= 4 is 51.1 Å². The van der Waals surface area contributed by atoms with Gasteiger partial charge in [-0.05, 0) is 23.8 Å². The number of carbonyl (C=O) groups is 2. The summed E-state index contributed by atoms with van der Waals surface area (Å²) in [5.74, 6) is -1.96. The largest absolute Gasteiger partial charge is 0.346 e. The van der Waals surface area contributed by atoms with E-state index in [0.717, 1.165) is 33.5 Å². The number of nitrogens with zero attached hydrogens (tertiary/aromatic N) is 1. The van der Waals surface area contributed by atoms with Crippen LogP contribution in [0.1, 0.15) is 5.56 Å². The Morgan fingerprint density at radius 3 is 2.74 bits per heavy atom. The molecule has 0 aliphatic carbocycles. The first-order chi connectivity index (χ1) is 13.0. The highest BCUT2D eigenvalue weighted by Crippen LogP contribution is 2.34. The Morgan fingerprint density at radius 2 is 1.93 bits per heavy atom. The monoisotopic (exact) mass is 407 g/mol. The van der Waals surface area contributed by atoms with Crippen molar-refractivity contribution in [2.45, 2.75) is 5.75 Å². The van der Waals surface area contributed by atoms with Crippen LogP contribution in [0.3, 0.4) is 0 Å². The molecule has 2 aromatic rings. The minimum Gasteiger partial charge on any atom is -0.346 e. The van der Waals surface area contributed by atoms with Gasteiger partial charge in [-0.1, -0.05) is 41.7 Å². The quantitative estimate of drug-likeness (QED) is 0.793. The van der Waals surface area contributed by atoms with Gasteiger partial charge in [-0.25, -0.2) is 13.8 Å². The lowest BCUT2D eigenvalue weighted by atomic mass is 10.2. The predicted octanol–water partition coefficient (Wildman–Crippen LogP) is 3.69. The summed E-state index contributed by atoms with van der Waals surface area (Å²) < 4.78 is 26.8. The van der Waals surface area contributed by atoms with Crippen molar-refractivity contribution in [2.24, 2.45) is 4.99 Å². The predicted molar refractivity (Wildman–Crippen MR) is 105 cm³/mol. The van der Waals surface area contributed by atoms with Crippen molar-refractivity contribution in [3.63, 3.8) is 0 Å². The van der Waals surface area contributed by atoms with E-state index in [-0.39, 0.29) is 23.9 Å². The van der Waals surface area contributed by atoms with Crippen LogP contribution in [-0.4, -0.2) is 28.5 Å². The molecule has 3 rings (SSSR count). The lowest BCUT2D eigenvalue weighted by Crippen LogP contribution is -2.34. The number of benzene rings is 2. The average molecular weight is 407 g/mol. The summed E-state index contributed by atoms with van der Waals surface area (Å²) in [4.78, 5) is 28.2. The zero-order chi connectivity index (χ0) is 19.2. The van der Waals surface area contributed by atoms with E-state index in [1.165, 1.54) is 17.8 Å². The number of fused-ring (bicyclic) bond motifs is 1. The number of para-hydroxylation sites is 1. The van der Waals surface area contributed by atoms with Gasteiger partial charge < -0.3 is 10.6 Å². The second-order valence-electron chi connectivity index (χ2n) is 5.54. The van der Waals surface area contributed by atoms with Crippen molar-refractivity contribution in [3.05, 3.63) is 59.7 Å². The van der Waals surface area contributed by atoms with E-state index in [1.807, 2.05) is 24.3 Å². The van der Waals surface area contributed by atoms with Gasteiger partial charge in [0.05, 0.1) is 18.0 Å². The normalized spacial score (nSPS) is 12.7. The van der Waals surface area contributed by atoms with Gasteiger partial charge in [0.2, 0.25) is 11.8 Å². The van der Waals surface area contributed by atoms with Crippen molar-refractivity contribution in [1.29, 1.82) is 0 Å². The van der Waals surface area contributed by atoms with Gasteiger partial charge in [-0.3, -0.25) is 9.59 Å². The summed E-state index contributed by atoms with van der Waals surface area (Å²) in [7, 11) is 0. The molecule has 0 saturated heterocycles. The van der Waals surface area contributed by atoms with Crippen LogP contribution in [0.15, 0.2) is 47.5 Å². The van der Waals surface area contributed by atoms with Gasteiger partial charge in [-0.15, -0.1) is 0 Å². The summed E-state index contributed by atoms with van der Waals surface area (Å²) in [5.41, 5.74) is 2.18. The molecule has 1 aliphatic heterocycles. The first-order valence-corrected chi connectivity index (χ1v) is 9.92. The minimum absolute atomic E-state index is 0.120. The number of rotatable bonds is 5. The van der Waals surface area contributed by atoms with Crippen molar-refractivity contribution < 1.29 is 18.4 Å². The fourth-order valence-electron chi connectivity index (χ4n) is 2.22. The maximum atomic E-state index is 13.1. The molecule has 1 aliphatic rings. The summed E-state index contributed by atoms with van der Waals surface area (Å²) in [5, 5.41) is 4.87. The molecule has 1 heterocycles. The molecule has 2 amide bonds. The first-order valence-electron chi connectivity index (χ1n) is 7.95. The topological polar surface area (TPSA) is 70.6 Å². The molecule has 0 spiro atoms. The number of amides is 2. The molecule has 0 atom stereocenters. The Morgan fingerprint density at radius 1 is 1.11 bits per heavy atom. The first kappa shape index (κ1) is 19.4. The molecular weight excluding hydrogens is 392 g/mol. The van der Waals surface area contributed by atoms with Crippen LogP contribution in [0.5, 0.6) is 0 Å². The molecule has 0 aromatic heterocycles. The zero-order valence-corrected chi connectivity index (χ0v) is 15.6. The Kier molecular flexibility index (Phi) is 6.46. The molecule has 9 heteroatoms. The number of nitrogens with one attached hydrogen (secondary N) is 2. The van der Waals surface area contributed by atoms with Crippen LogP contribution in [0.2, 0.25) is 0 Å². The number of aliphatic imine (C=N–C) groups is 1. The zero-order valence-electron chi connectivity index (χ0n) is 14.0. The highest BCUT2D eigenvalue weighted by molar-refractivity contribution is 8.38. The highest BCUT2D eigenvalue weighted by Gasteiger charge is 2.14. The van der Waals surface area contributed by atoms with E-state index < -0.39 is 17.5 Å². The summed E-state index contributed by atoms with van der Waals surface area (Å²) >= 11 is 2.87. The molecule has 140 valence electrons. The number of thioether (sulfide) groups is 2. The van der Waals surface area contributed by atoms with Gasteiger partial charge in [0.15, 0.2) is 11.6 Å². The van der Waals surface area contributed by atoms with E-state index in [2.05, 4.69) is 15.6 Å². The lowest BCUT2D eigenvalue weighted by molar-refractivity contribution is -0.122. The Hall–Kier alpha value is -2.39. The third-order valence-electron chi connectivity index (χ3n) is 3.53. The Labute approximate surface area is 163 Å². The van der Waals surface area contributed by atoms with Crippen molar-refractivity contribution in [1.82, 2.24) is 5.32 Å². The molecule has 2 N–H and O–H groups in total. The number of anilines is 1. The molecule has 0 unspecified atom stereocenters. The van der Waals surface area contributed by atoms with Crippen LogP contribution in [0.4, 0.5) is 20.2 Å². The van der Waals surface area contributed by atoms with E-state index in [4.69, 9.17) is 0 Å². The molecule has 27 heavy (non-hydrogen) atoms. The minimum atomic E-state index is -1.06. The highest BCUT2D eigenvalue weighted by atomic mass is 32.2. The van der Waals surface area contributed by atoms with Crippen molar-refractivity contribution in [2.75, 3.05) is 17.6 Å². The molecule has 0 bridgehead atoms. The molecular formula is C18H15F2N3O2S2. The van der Waals surface area contributed by atoms with E-state index in [9.17, 15) is 18.4 Å². The molecule has 0 saturated carbocycles. The maximum absolute atomic E-state index is 13.1. The van der Waals surface area contributed by atoms with Crippen molar-refractivity contribution in [3.8, 4) is 0 Å². The van der Waals surface area contributed by atoms with E-state index in [1.54, 1.807) is 11.8 Å². The summed E-state index contributed by atoms with van der Waals surface area (Å²) in [6, 6.07) is 10.9. The smallest absolute Gasteiger partial charge is 0.243 e. The van der Waals surface area contributed by atoms with Crippen LogP contribution in [-0.2, 0) is 15.3 Å². The second-order valence-corrected chi connectivity index (χ2v) is 7.72. The number of hydrogen-bond donors (Lipinski definition) is 2. The van der Waals surface area contributed by atoms with E-state index in [0.29, 0.717) is 0 Å². The fraction of sp³-hybridized carbons (Fsp3) is 0.167. The lowest BCUT2D eigenvalue weighted by Gasteiger charge is -2.14. The fourth-order valence-corrected chi connectivity index (χ4v) is 4.11. The number of hydrogen-bond acceptors (Lipinski definition) is 5. The number of halogens is 2. The van der Waals surface area contributed by atoms with Crippen LogP contribution in [0, 0.1) is 11.6 Å². The van der Waals surface area contributed by atoms with E-state index >= 15 is 0 Å². The standard InChI is InChI=1S/C18H15F2N3O2S2/c19-13-6-5-12(7-14(13)20)22-16(24)8-21-17(25)10-27-18-23-15-4-2-1-3-11(15)9-26-18/h1-7H,8-10H2,(H,21,25)(H,22,24). The molecule has 0 radical (unpaired) electrons. The SMILES string of the molecule is O=C(CSC1=Nc2ccccc2CS1)NCC(=O)Nc1ccc(F)c(F)c1. The number of carbonyl (C=O) groups excluding carboxylic acids is 2.